The lowest BCUT2D eigenvalue weighted by Gasteiger charge is -2.14. The van der Waals surface area contributed by atoms with E-state index in [0.29, 0.717) is 0 Å². The average molecular weight is 206 g/mol. The Balaban J connectivity index is 2.82. The van der Waals surface area contributed by atoms with Gasteiger partial charge in [0.1, 0.15) is 0 Å². The minimum Gasteiger partial charge on any atom is -0.399 e. The second-order valence-electron chi connectivity index (χ2n) is 4.37. The van der Waals surface area contributed by atoms with Crippen molar-refractivity contribution in [2.24, 2.45) is 0 Å². The van der Waals surface area contributed by atoms with E-state index >= 15 is 0 Å². The van der Waals surface area contributed by atoms with E-state index in [1.54, 1.807) is 0 Å². The van der Waals surface area contributed by atoms with Crippen molar-refractivity contribution in [2.75, 3.05) is 19.8 Å². The lowest BCUT2D eigenvalue weighted by molar-refractivity contribution is 0.401. The normalized spacial score (nSPS) is 10.9. The topological polar surface area (TPSA) is 29.3 Å². The van der Waals surface area contributed by atoms with Gasteiger partial charge in [-0.3, -0.25) is 0 Å². The van der Waals surface area contributed by atoms with E-state index in [0.717, 1.165) is 12.2 Å². The SMILES string of the molecule is CCCCc1ccc(N)cc1CN(C)C. The molecule has 2 nitrogen and oxygen atoms in total. The van der Waals surface area contributed by atoms with Crippen LogP contribution in [0.4, 0.5) is 5.69 Å². The van der Waals surface area contributed by atoms with Gasteiger partial charge in [-0.05, 0) is 50.2 Å². The van der Waals surface area contributed by atoms with E-state index < -0.39 is 0 Å². The molecule has 1 aromatic carbocycles. The van der Waals surface area contributed by atoms with Gasteiger partial charge < -0.3 is 10.6 Å². The van der Waals surface area contributed by atoms with Crippen LogP contribution in [0.25, 0.3) is 0 Å². The van der Waals surface area contributed by atoms with Crippen LogP contribution >= 0.6 is 0 Å². The Labute approximate surface area is 93.1 Å². The second-order valence-corrected chi connectivity index (χ2v) is 4.37. The van der Waals surface area contributed by atoms with Crippen molar-refractivity contribution >= 4 is 5.69 Å². The van der Waals surface area contributed by atoms with Crippen LogP contribution in [-0.2, 0) is 13.0 Å². The van der Waals surface area contributed by atoms with E-state index in [1.165, 1.54) is 30.4 Å². The standard InChI is InChI=1S/C13H22N2/c1-4-5-6-11-7-8-13(14)9-12(11)10-15(2)3/h7-9H,4-6,10,14H2,1-3H3. The zero-order chi connectivity index (χ0) is 11.3. The van der Waals surface area contributed by atoms with Crippen LogP contribution in [0.15, 0.2) is 18.2 Å². The summed E-state index contributed by atoms with van der Waals surface area (Å²) in [4.78, 5) is 2.18. The molecular formula is C13H22N2. The van der Waals surface area contributed by atoms with Crippen molar-refractivity contribution < 1.29 is 0 Å². The fraction of sp³-hybridized carbons (Fsp3) is 0.538. The molecule has 0 fully saturated rings. The molecule has 0 heterocycles. The van der Waals surface area contributed by atoms with Crippen molar-refractivity contribution in [3.63, 3.8) is 0 Å². The summed E-state index contributed by atoms with van der Waals surface area (Å²) in [5.41, 5.74) is 9.49. The fourth-order valence-corrected chi connectivity index (χ4v) is 1.74. The number of unbranched alkanes of at least 4 members (excludes halogenated alkanes) is 1. The molecule has 0 saturated carbocycles. The highest BCUT2D eigenvalue weighted by molar-refractivity contribution is 5.44. The Hall–Kier alpha value is -1.02. The highest BCUT2D eigenvalue weighted by atomic mass is 15.0. The smallest absolute Gasteiger partial charge is 0.0317 e. The minimum absolute atomic E-state index is 0.868. The molecule has 2 heteroatoms. The number of nitrogens with zero attached hydrogens (tertiary/aromatic N) is 1. The molecule has 2 N–H and O–H groups in total. The number of benzene rings is 1. The van der Waals surface area contributed by atoms with Crippen molar-refractivity contribution in [3.05, 3.63) is 29.3 Å². The molecular weight excluding hydrogens is 184 g/mol. The molecule has 0 unspecified atom stereocenters. The molecule has 0 aliphatic heterocycles. The zero-order valence-corrected chi connectivity index (χ0v) is 10.1. The van der Waals surface area contributed by atoms with Crippen LogP contribution in [0.2, 0.25) is 0 Å². The zero-order valence-electron chi connectivity index (χ0n) is 10.1. The molecule has 0 atom stereocenters. The van der Waals surface area contributed by atoms with Gasteiger partial charge in [0, 0.05) is 12.2 Å². The maximum Gasteiger partial charge on any atom is 0.0317 e. The predicted octanol–water partition coefficient (Wildman–Crippen LogP) is 2.67. The van der Waals surface area contributed by atoms with Gasteiger partial charge in [-0.15, -0.1) is 0 Å². The summed E-state index contributed by atoms with van der Waals surface area (Å²) in [6.45, 7) is 3.20. The maximum absolute atomic E-state index is 5.81. The number of hydrogen-bond acceptors (Lipinski definition) is 2. The molecule has 0 amide bonds. The fourth-order valence-electron chi connectivity index (χ4n) is 1.74. The molecule has 1 rings (SSSR count). The molecule has 1 aromatic rings. The predicted molar refractivity (Wildman–Crippen MR) is 66.9 cm³/mol. The van der Waals surface area contributed by atoms with Gasteiger partial charge in [0.25, 0.3) is 0 Å². The summed E-state index contributed by atoms with van der Waals surface area (Å²) >= 11 is 0. The van der Waals surface area contributed by atoms with Crippen LogP contribution in [0.1, 0.15) is 30.9 Å². The minimum atomic E-state index is 0.868. The summed E-state index contributed by atoms with van der Waals surface area (Å²) in [6, 6.07) is 6.28. The van der Waals surface area contributed by atoms with Gasteiger partial charge in [0.05, 0.1) is 0 Å². The van der Waals surface area contributed by atoms with Gasteiger partial charge in [-0.25, -0.2) is 0 Å². The molecule has 0 radical (unpaired) electrons. The monoisotopic (exact) mass is 206 g/mol. The molecule has 0 bridgehead atoms. The van der Waals surface area contributed by atoms with Gasteiger partial charge in [-0.1, -0.05) is 19.4 Å². The van der Waals surface area contributed by atoms with E-state index in [-0.39, 0.29) is 0 Å². The molecule has 0 saturated heterocycles. The second kappa shape index (κ2) is 5.76. The molecule has 0 aromatic heterocycles. The number of aryl methyl sites for hydroxylation is 1. The number of anilines is 1. The van der Waals surface area contributed by atoms with Gasteiger partial charge >= 0.3 is 0 Å². The number of nitrogens with two attached hydrogens (primary N) is 1. The average Bonchev–Trinajstić information content (AvgIpc) is 2.16. The Bertz CT molecular complexity index is 305. The van der Waals surface area contributed by atoms with Crippen LogP contribution in [0.5, 0.6) is 0 Å². The Morgan fingerprint density at radius 2 is 1.93 bits per heavy atom. The number of rotatable bonds is 5. The van der Waals surface area contributed by atoms with Gasteiger partial charge in [0.2, 0.25) is 0 Å². The summed E-state index contributed by atoms with van der Waals surface area (Å²) in [5, 5.41) is 0. The molecule has 84 valence electrons. The third-order valence-electron chi connectivity index (χ3n) is 2.52. The summed E-state index contributed by atoms with van der Waals surface area (Å²) in [7, 11) is 4.18. The summed E-state index contributed by atoms with van der Waals surface area (Å²) in [6.07, 6.45) is 3.66. The summed E-state index contributed by atoms with van der Waals surface area (Å²) in [5.74, 6) is 0. The highest BCUT2D eigenvalue weighted by Crippen LogP contribution is 2.17. The molecule has 0 aliphatic carbocycles. The number of hydrogen-bond donors (Lipinski definition) is 1. The first-order valence-electron chi connectivity index (χ1n) is 5.65. The van der Waals surface area contributed by atoms with E-state index in [4.69, 9.17) is 5.73 Å². The molecule has 15 heavy (non-hydrogen) atoms. The maximum atomic E-state index is 5.81. The Morgan fingerprint density at radius 3 is 2.53 bits per heavy atom. The Morgan fingerprint density at radius 1 is 1.20 bits per heavy atom. The molecule has 0 spiro atoms. The van der Waals surface area contributed by atoms with Crippen molar-refractivity contribution in [2.45, 2.75) is 32.7 Å². The van der Waals surface area contributed by atoms with Crippen molar-refractivity contribution in [1.29, 1.82) is 0 Å². The largest absolute Gasteiger partial charge is 0.399 e. The van der Waals surface area contributed by atoms with Crippen LogP contribution in [-0.4, -0.2) is 19.0 Å². The Kier molecular flexibility index (Phi) is 4.63. The first-order chi connectivity index (χ1) is 7.13. The highest BCUT2D eigenvalue weighted by Gasteiger charge is 2.03. The molecule has 0 aliphatic rings. The first kappa shape index (κ1) is 12.1. The first-order valence-corrected chi connectivity index (χ1v) is 5.65. The summed E-state index contributed by atoms with van der Waals surface area (Å²) < 4.78 is 0. The quantitative estimate of drug-likeness (QED) is 0.750. The third kappa shape index (κ3) is 3.92. The number of nitrogen functional groups attached to an aromatic ring is 1. The van der Waals surface area contributed by atoms with Crippen molar-refractivity contribution in [1.82, 2.24) is 4.90 Å². The van der Waals surface area contributed by atoms with E-state index in [9.17, 15) is 0 Å². The van der Waals surface area contributed by atoms with Gasteiger partial charge in [0.15, 0.2) is 0 Å². The lowest BCUT2D eigenvalue weighted by atomic mass is 10.0. The van der Waals surface area contributed by atoms with Crippen LogP contribution < -0.4 is 5.73 Å². The van der Waals surface area contributed by atoms with E-state index in [2.05, 4.69) is 38.1 Å². The van der Waals surface area contributed by atoms with E-state index in [1.807, 2.05) is 6.07 Å². The lowest BCUT2D eigenvalue weighted by Crippen LogP contribution is -2.12. The van der Waals surface area contributed by atoms with Crippen LogP contribution in [0, 0.1) is 0 Å². The third-order valence-corrected chi connectivity index (χ3v) is 2.52. The van der Waals surface area contributed by atoms with Gasteiger partial charge in [-0.2, -0.15) is 0 Å². The van der Waals surface area contributed by atoms with Crippen molar-refractivity contribution in [3.8, 4) is 0 Å². The van der Waals surface area contributed by atoms with Crippen LogP contribution in [0.3, 0.4) is 0 Å².